The van der Waals surface area contributed by atoms with Crippen LogP contribution in [-0.4, -0.2) is 162 Å². The van der Waals surface area contributed by atoms with E-state index in [4.69, 9.17) is 24.7 Å². The van der Waals surface area contributed by atoms with Gasteiger partial charge in [0.2, 0.25) is 23.5 Å². The fourth-order valence-electron chi connectivity index (χ4n) is 13.2. The number of primary amides is 1. The molecule has 7 N–H and O–H groups in total. The summed E-state index contributed by atoms with van der Waals surface area (Å²) in [5.41, 5.74) is 4.39. The Morgan fingerprint density at radius 3 is 2.23 bits per heavy atom. The zero-order chi connectivity index (χ0) is 59.7. The van der Waals surface area contributed by atoms with Crippen LogP contribution in [0, 0.1) is 34.5 Å². The smallest absolute Gasteiger partial charge is 0.409 e. The number of aliphatic hydroxyl groups is 1. The Bertz CT molecular complexity index is 2680. The second-order valence-corrected chi connectivity index (χ2v) is 23.5. The van der Waals surface area contributed by atoms with Crippen molar-refractivity contribution in [3.8, 4) is 0 Å². The van der Waals surface area contributed by atoms with Gasteiger partial charge in [-0.05, 0) is 105 Å². The van der Waals surface area contributed by atoms with Gasteiger partial charge in [0.05, 0.1) is 12.2 Å². The summed E-state index contributed by atoms with van der Waals surface area (Å²) in [7, 11) is 2.99. The van der Waals surface area contributed by atoms with Gasteiger partial charge < -0.3 is 60.9 Å². The second kappa shape index (κ2) is 26.9. The number of unbranched alkanes of at least 4 members (excludes halogenated alkanes) is 2. The molecule has 1 saturated heterocycles. The number of imide groups is 1. The number of rotatable bonds is 26. The van der Waals surface area contributed by atoms with Crippen molar-refractivity contribution in [3.05, 3.63) is 65.8 Å². The van der Waals surface area contributed by atoms with Crippen LogP contribution in [0.4, 0.5) is 20.1 Å². The summed E-state index contributed by atoms with van der Waals surface area (Å²) in [5, 5.41) is 22.8. The molecule has 82 heavy (non-hydrogen) atoms. The van der Waals surface area contributed by atoms with Crippen LogP contribution in [0.1, 0.15) is 117 Å². The van der Waals surface area contributed by atoms with Crippen LogP contribution in [0.2, 0.25) is 0 Å². The van der Waals surface area contributed by atoms with Crippen LogP contribution in [0.15, 0.2) is 60.2 Å². The van der Waals surface area contributed by atoms with Gasteiger partial charge in [-0.3, -0.25) is 38.5 Å². The molecule has 2 aliphatic heterocycles. The molecule has 6 aliphatic rings. The number of aliphatic hydroxyl groups excluding tert-OH is 1. The van der Waals surface area contributed by atoms with E-state index in [1.54, 1.807) is 50.3 Å². The maximum atomic E-state index is 14.7. The molecule has 448 valence electrons. The highest BCUT2D eigenvalue weighted by Gasteiger charge is 2.76. The van der Waals surface area contributed by atoms with Gasteiger partial charge in [0, 0.05) is 81.3 Å². The van der Waals surface area contributed by atoms with E-state index < -0.39 is 89.4 Å². The van der Waals surface area contributed by atoms with Crippen LogP contribution in [0.5, 0.6) is 0 Å². The number of urea groups is 1. The van der Waals surface area contributed by atoms with Crippen molar-refractivity contribution >= 4 is 65.0 Å². The number of nitrogens with zero attached hydrogens (tertiary/aromatic N) is 3. The van der Waals surface area contributed by atoms with E-state index in [2.05, 4.69) is 28.2 Å². The molecule has 0 bridgehead atoms. The quantitative estimate of drug-likeness (QED) is 0.0547. The van der Waals surface area contributed by atoms with Crippen molar-refractivity contribution in [3.63, 3.8) is 0 Å². The molecule has 0 aromatic heterocycles. The lowest BCUT2D eigenvalue weighted by Gasteiger charge is -2.59. The molecular weight excluding hydrogens is 1060 g/mol. The molecule has 11 atom stereocenters. The van der Waals surface area contributed by atoms with Crippen LogP contribution >= 0.6 is 0 Å². The van der Waals surface area contributed by atoms with Crippen molar-refractivity contribution < 1.29 is 72.0 Å². The summed E-state index contributed by atoms with van der Waals surface area (Å²) in [5.74, 6) is -3.28. The summed E-state index contributed by atoms with van der Waals surface area (Å²) in [6, 6.07) is 3.65. The Kier molecular flexibility index (Phi) is 20.6. The molecule has 1 aromatic rings. The number of fused-ring (bicyclic) bond motifs is 7. The lowest BCUT2D eigenvalue weighted by molar-refractivity contribution is -0.200. The van der Waals surface area contributed by atoms with Crippen molar-refractivity contribution in [2.24, 2.45) is 40.2 Å². The predicted molar refractivity (Wildman–Crippen MR) is 297 cm³/mol. The van der Waals surface area contributed by atoms with Crippen molar-refractivity contribution in [2.75, 3.05) is 52.2 Å². The second-order valence-electron chi connectivity index (χ2n) is 23.5. The highest BCUT2D eigenvalue weighted by Crippen LogP contribution is 2.69. The lowest BCUT2D eigenvalue weighted by atomic mass is 9.46. The first-order valence-electron chi connectivity index (χ1n) is 28.7. The first kappa shape index (κ1) is 62.6. The van der Waals surface area contributed by atoms with E-state index in [0.717, 1.165) is 23.3 Å². The average molecular weight is 1140 g/mol. The summed E-state index contributed by atoms with van der Waals surface area (Å²) < 4.78 is 24.4. The molecule has 4 aliphatic carbocycles. The maximum absolute atomic E-state index is 14.7. The number of allylic oxidation sites excluding steroid dienone is 4. The molecule has 9 amide bonds. The number of nitrogens with one attached hydrogen (secondary N) is 4. The minimum Gasteiger partial charge on any atom is -0.445 e. The number of ketones is 2. The number of benzene rings is 1. The SMILES string of the molecule is CCCC1O[C@@H]2CC3[C@@H]4CCC5=CC(=O)C=C[C@]5(C)C4[C@@H](O)C[C@]3(C)[C@]2(C(=O)COC(=O)N(C)CCN(C)C(=O)OCc2ccc(NC(=O)[C@H](CCCNC(N)=O)NC(=O)[C@@H](NC(=O)CCCCCN3C(=O)C=CC3=O)C(C)C)cc2)O1. The van der Waals surface area contributed by atoms with Gasteiger partial charge in [-0.1, -0.05) is 71.2 Å². The Balaban J connectivity index is 0.863. The fraction of sp³-hybridized carbons (Fsp3) is 0.627. The number of ether oxygens (including phenoxy) is 4. The van der Waals surface area contributed by atoms with Gasteiger partial charge in [0.15, 0.2) is 24.3 Å². The van der Waals surface area contributed by atoms with Crippen molar-refractivity contribution in [1.82, 2.24) is 30.7 Å². The molecule has 23 nitrogen and oxygen atoms in total. The van der Waals surface area contributed by atoms with Gasteiger partial charge in [-0.25, -0.2) is 14.4 Å². The zero-order valence-electron chi connectivity index (χ0n) is 48.2. The van der Waals surface area contributed by atoms with Gasteiger partial charge >= 0.3 is 18.2 Å². The van der Waals surface area contributed by atoms with Gasteiger partial charge in [-0.15, -0.1) is 0 Å². The molecule has 23 heteroatoms. The zero-order valence-corrected chi connectivity index (χ0v) is 48.2. The van der Waals surface area contributed by atoms with Crippen molar-refractivity contribution in [2.45, 2.75) is 154 Å². The normalized spacial score (nSPS) is 27.5. The third kappa shape index (κ3) is 13.9. The number of hydrogen-bond acceptors (Lipinski definition) is 15. The van der Waals surface area contributed by atoms with E-state index in [9.17, 15) is 53.1 Å². The van der Waals surface area contributed by atoms with Crippen LogP contribution in [0.3, 0.4) is 0 Å². The molecule has 0 spiro atoms. The van der Waals surface area contributed by atoms with E-state index >= 15 is 0 Å². The minimum absolute atomic E-state index is 0.0251. The highest BCUT2D eigenvalue weighted by atomic mass is 16.7. The maximum Gasteiger partial charge on any atom is 0.409 e. The topological polar surface area (TPSA) is 312 Å². The number of Topliss-reactive ketones (excluding diaryl/α,β-unsaturated/α-hetero) is 1. The Labute approximate surface area is 478 Å². The first-order chi connectivity index (χ1) is 38.9. The molecule has 1 aromatic carbocycles. The highest BCUT2D eigenvalue weighted by molar-refractivity contribution is 6.12. The lowest BCUT2D eigenvalue weighted by Crippen LogP contribution is -2.63. The Hall–Kier alpha value is -6.98. The van der Waals surface area contributed by atoms with E-state index in [-0.39, 0.29) is 106 Å². The van der Waals surface area contributed by atoms with E-state index in [1.165, 1.54) is 36.0 Å². The standard InChI is InChI=1S/C59H82N8O15/c1-8-13-49-81-45-31-41-40-21-18-37-30-39(68)24-25-57(37,4)50(40)43(69)32-58(41,5)59(45,82-49)44(70)34-80-56(78)66(7)29-28-65(6)55(77)79-33-36-16-19-38(20-17-36)62-52(74)42(14-12-26-61-54(60)76)63-53(75)51(35(2)3)64-46(71)15-10-9-11-27-67-47(72)22-23-48(67)73/h16-17,19-20,22-25,30,35,40-43,45,49-51,69H,8-15,18,21,26-29,31-34H2,1-7H3,(H,62,74)(H,63,75)(H,64,71)(H3,60,61,76)/t40-,41?,42-,43-,45+,49?,50?,51-,57-,58-,59+/m0/s1. The molecule has 3 unspecified atom stereocenters. The Morgan fingerprint density at radius 2 is 1.57 bits per heavy atom. The van der Waals surface area contributed by atoms with Gasteiger partial charge in [-0.2, -0.15) is 0 Å². The molecule has 7 rings (SSSR count). The minimum atomic E-state index is -1.46. The van der Waals surface area contributed by atoms with Crippen LogP contribution in [0.25, 0.3) is 0 Å². The largest absolute Gasteiger partial charge is 0.445 e. The predicted octanol–water partition coefficient (Wildman–Crippen LogP) is 4.56. The number of carbonyl (C=O) groups is 10. The van der Waals surface area contributed by atoms with Crippen LogP contribution in [-0.2, 0) is 59.1 Å². The summed E-state index contributed by atoms with van der Waals surface area (Å²) in [4.78, 5) is 132. The summed E-state index contributed by atoms with van der Waals surface area (Å²) in [6.07, 6.45) is 9.77. The van der Waals surface area contributed by atoms with E-state index in [0.29, 0.717) is 49.8 Å². The van der Waals surface area contributed by atoms with Gasteiger partial charge in [0.25, 0.3) is 11.8 Å². The summed E-state index contributed by atoms with van der Waals surface area (Å²) >= 11 is 0. The third-order valence-corrected chi connectivity index (χ3v) is 17.6. The molecule has 3 saturated carbocycles. The monoisotopic (exact) mass is 1140 g/mol. The molecular formula is C59H82N8O15. The number of likely N-dealkylation sites (N-methyl/N-ethyl adjacent to an activating group) is 2. The first-order valence-corrected chi connectivity index (χ1v) is 28.7. The average Bonchev–Trinajstić information content (AvgIpc) is 1.55. The fourth-order valence-corrected chi connectivity index (χ4v) is 13.2. The third-order valence-electron chi connectivity index (χ3n) is 17.6. The van der Waals surface area contributed by atoms with E-state index in [1.807, 2.05) is 19.9 Å². The molecule has 2 heterocycles. The number of carbonyl (C=O) groups excluding carboxylic acids is 10. The number of hydrogen-bond donors (Lipinski definition) is 6. The molecule has 0 radical (unpaired) electrons. The number of nitrogens with two attached hydrogens (primary N) is 1. The Morgan fingerprint density at radius 1 is 0.890 bits per heavy atom. The summed E-state index contributed by atoms with van der Waals surface area (Å²) in [6.45, 7) is 9.35. The van der Waals surface area contributed by atoms with Gasteiger partial charge in [0.1, 0.15) is 18.7 Å². The van der Waals surface area contributed by atoms with Crippen molar-refractivity contribution in [1.29, 1.82) is 0 Å². The van der Waals surface area contributed by atoms with Crippen LogP contribution < -0.4 is 27.0 Å². The number of anilines is 1. The number of amides is 9. The molecule has 4 fully saturated rings.